The molecule has 1 aliphatic heterocycles. The highest BCUT2D eigenvalue weighted by Crippen LogP contribution is 2.23. The summed E-state index contributed by atoms with van der Waals surface area (Å²) in [6.07, 6.45) is 0. The maximum Gasteiger partial charge on any atom is 0.282 e. The van der Waals surface area contributed by atoms with E-state index < -0.39 is 5.82 Å². The zero-order valence-electron chi connectivity index (χ0n) is 13.9. The third-order valence-electron chi connectivity index (χ3n) is 4.40. The molecule has 1 saturated heterocycles. The number of halogens is 1. The van der Waals surface area contributed by atoms with E-state index >= 15 is 0 Å². The van der Waals surface area contributed by atoms with Crippen molar-refractivity contribution in [2.75, 3.05) is 26.2 Å². The molecule has 1 aromatic heterocycles. The number of carbonyl (C=O) groups is 2. The molecule has 0 spiro atoms. The van der Waals surface area contributed by atoms with Gasteiger partial charge in [0.2, 0.25) is 0 Å². The highest BCUT2D eigenvalue weighted by molar-refractivity contribution is 7.20. The Morgan fingerprint density at radius 3 is 2.31 bits per heavy atom. The Labute approximate surface area is 153 Å². The van der Waals surface area contributed by atoms with Gasteiger partial charge in [-0.15, -0.1) is 11.3 Å². The monoisotopic (exact) mass is 369 g/mol. The van der Waals surface area contributed by atoms with Crippen LogP contribution in [-0.2, 0) is 0 Å². The summed E-state index contributed by atoms with van der Waals surface area (Å²) in [5.41, 5.74) is 1.15. The van der Waals surface area contributed by atoms with Gasteiger partial charge in [-0.1, -0.05) is 18.2 Å². The fraction of sp³-hybridized carbons (Fsp3) is 0.211. The largest absolute Gasteiger partial charge is 0.335 e. The minimum atomic E-state index is -0.430. The molecule has 0 saturated carbocycles. The van der Waals surface area contributed by atoms with Gasteiger partial charge in [-0.2, -0.15) is 0 Å². The maximum atomic E-state index is 13.3. The summed E-state index contributed by atoms with van der Waals surface area (Å²) < 4.78 is 14.3. The predicted octanol–water partition coefficient (Wildman–Crippen LogP) is 3.03. The van der Waals surface area contributed by atoms with Gasteiger partial charge in [-0.25, -0.2) is 9.37 Å². The van der Waals surface area contributed by atoms with Crippen molar-refractivity contribution in [3.8, 4) is 0 Å². The number of fused-ring (bicyclic) bond motifs is 1. The van der Waals surface area contributed by atoms with Gasteiger partial charge in [0.25, 0.3) is 11.8 Å². The number of benzene rings is 2. The zero-order valence-corrected chi connectivity index (χ0v) is 14.7. The van der Waals surface area contributed by atoms with Crippen LogP contribution >= 0.6 is 11.3 Å². The van der Waals surface area contributed by atoms with Gasteiger partial charge < -0.3 is 9.80 Å². The van der Waals surface area contributed by atoms with Crippen LogP contribution in [0.2, 0.25) is 0 Å². The number of hydrogen-bond acceptors (Lipinski definition) is 4. The average molecular weight is 369 g/mol. The number of hydrogen-bond donors (Lipinski definition) is 0. The van der Waals surface area contributed by atoms with E-state index in [0.717, 1.165) is 10.2 Å². The number of piperazine rings is 1. The summed E-state index contributed by atoms with van der Waals surface area (Å²) in [6, 6.07) is 13.3. The second-order valence-corrected chi connectivity index (χ2v) is 7.11. The van der Waals surface area contributed by atoms with Crippen LogP contribution in [0.1, 0.15) is 20.2 Å². The van der Waals surface area contributed by atoms with E-state index in [1.807, 2.05) is 24.3 Å². The number of thiazole rings is 1. The van der Waals surface area contributed by atoms with Gasteiger partial charge in [0.1, 0.15) is 5.82 Å². The first kappa shape index (κ1) is 16.7. The number of aromatic nitrogens is 1. The Morgan fingerprint density at radius 2 is 1.62 bits per heavy atom. The Kier molecular flexibility index (Phi) is 4.38. The molecule has 3 aromatic rings. The highest BCUT2D eigenvalue weighted by Gasteiger charge is 2.27. The summed E-state index contributed by atoms with van der Waals surface area (Å²) in [6.45, 7) is 1.73. The molecule has 7 heteroatoms. The number of para-hydroxylation sites is 1. The number of nitrogens with zero attached hydrogens (tertiary/aromatic N) is 3. The number of amides is 2. The topological polar surface area (TPSA) is 53.5 Å². The molecule has 132 valence electrons. The summed E-state index contributed by atoms with van der Waals surface area (Å²) in [7, 11) is 0. The Morgan fingerprint density at radius 1 is 0.923 bits per heavy atom. The molecule has 0 N–H and O–H groups in total. The molecule has 0 aliphatic carbocycles. The molecule has 2 aromatic carbocycles. The van der Waals surface area contributed by atoms with Crippen LogP contribution in [0.3, 0.4) is 0 Å². The molecule has 1 aliphatic rings. The number of carbonyl (C=O) groups excluding carboxylic acids is 2. The quantitative estimate of drug-likeness (QED) is 0.698. The molecular weight excluding hydrogens is 353 g/mol. The van der Waals surface area contributed by atoms with Crippen molar-refractivity contribution in [1.29, 1.82) is 0 Å². The van der Waals surface area contributed by atoms with Gasteiger partial charge >= 0.3 is 0 Å². The van der Waals surface area contributed by atoms with Crippen LogP contribution in [0, 0.1) is 5.82 Å². The minimum absolute atomic E-state index is 0.107. The summed E-state index contributed by atoms with van der Waals surface area (Å²) in [4.78, 5) is 32.9. The molecule has 26 heavy (non-hydrogen) atoms. The van der Waals surface area contributed by atoms with Crippen molar-refractivity contribution in [1.82, 2.24) is 14.8 Å². The molecule has 0 radical (unpaired) electrons. The van der Waals surface area contributed by atoms with Crippen LogP contribution in [-0.4, -0.2) is 52.8 Å². The van der Waals surface area contributed by atoms with Crippen LogP contribution in [0.4, 0.5) is 4.39 Å². The van der Waals surface area contributed by atoms with E-state index in [0.29, 0.717) is 36.8 Å². The van der Waals surface area contributed by atoms with Crippen molar-refractivity contribution in [2.45, 2.75) is 0 Å². The average Bonchev–Trinajstić information content (AvgIpc) is 3.11. The van der Waals surface area contributed by atoms with Crippen molar-refractivity contribution < 1.29 is 14.0 Å². The van der Waals surface area contributed by atoms with E-state index in [1.165, 1.54) is 29.5 Å². The predicted molar refractivity (Wildman–Crippen MR) is 97.8 cm³/mol. The van der Waals surface area contributed by atoms with Gasteiger partial charge in [-0.05, 0) is 30.3 Å². The smallest absolute Gasteiger partial charge is 0.282 e. The molecule has 2 heterocycles. The second-order valence-electron chi connectivity index (χ2n) is 6.08. The van der Waals surface area contributed by atoms with Crippen LogP contribution in [0.25, 0.3) is 10.2 Å². The van der Waals surface area contributed by atoms with E-state index in [9.17, 15) is 14.0 Å². The fourth-order valence-corrected chi connectivity index (χ4v) is 3.95. The van der Waals surface area contributed by atoms with Gasteiger partial charge in [0.15, 0.2) is 5.01 Å². The Hall–Kier alpha value is -2.80. The van der Waals surface area contributed by atoms with Crippen molar-refractivity contribution >= 4 is 33.4 Å². The summed E-state index contributed by atoms with van der Waals surface area (Å²) >= 11 is 1.38. The fourth-order valence-electron chi connectivity index (χ4n) is 3.02. The SMILES string of the molecule is O=C(c1cccc(F)c1)N1CCN(C(=O)c2nc3ccccc3s2)CC1. The lowest BCUT2D eigenvalue weighted by Crippen LogP contribution is -2.50. The third kappa shape index (κ3) is 3.17. The maximum absolute atomic E-state index is 13.3. The number of rotatable bonds is 2. The Balaban J connectivity index is 1.43. The van der Waals surface area contributed by atoms with Crippen molar-refractivity contribution in [3.05, 3.63) is 64.9 Å². The first-order valence-corrected chi connectivity index (χ1v) is 9.13. The lowest BCUT2D eigenvalue weighted by Gasteiger charge is -2.34. The van der Waals surface area contributed by atoms with Crippen LogP contribution in [0.5, 0.6) is 0 Å². The lowest BCUT2D eigenvalue weighted by molar-refractivity contribution is 0.0535. The highest BCUT2D eigenvalue weighted by atomic mass is 32.1. The normalized spacial score (nSPS) is 14.7. The van der Waals surface area contributed by atoms with Crippen LogP contribution < -0.4 is 0 Å². The second kappa shape index (κ2) is 6.84. The van der Waals surface area contributed by atoms with Gasteiger partial charge in [-0.3, -0.25) is 9.59 Å². The van der Waals surface area contributed by atoms with E-state index in [1.54, 1.807) is 15.9 Å². The van der Waals surface area contributed by atoms with Crippen molar-refractivity contribution in [2.24, 2.45) is 0 Å². The molecule has 0 atom stereocenters. The Bertz CT molecular complexity index is 947. The molecule has 2 amide bonds. The molecule has 5 nitrogen and oxygen atoms in total. The first-order valence-electron chi connectivity index (χ1n) is 8.31. The van der Waals surface area contributed by atoms with Gasteiger partial charge in [0.05, 0.1) is 10.2 Å². The van der Waals surface area contributed by atoms with Crippen molar-refractivity contribution in [3.63, 3.8) is 0 Å². The summed E-state index contributed by atoms with van der Waals surface area (Å²) in [5, 5.41) is 0.469. The lowest BCUT2D eigenvalue weighted by atomic mass is 10.1. The first-order chi connectivity index (χ1) is 12.6. The molecule has 0 bridgehead atoms. The van der Waals surface area contributed by atoms with E-state index in [2.05, 4.69) is 4.98 Å². The summed E-state index contributed by atoms with van der Waals surface area (Å²) in [5.74, 6) is -0.749. The van der Waals surface area contributed by atoms with E-state index in [-0.39, 0.29) is 11.8 Å². The molecular formula is C19H16FN3O2S. The molecule has 0 unspecified atom stereocenters. The standard InChI is InChI=1S/C19H16FN3O2S/c20-14-5-3-4-13(12-14)18(24)22-8-10-23(11-9-22)19(25)17-21-15-6-1-2-7-16(15)26-17/h1-7,12H,8-11H2. The van der Waals surface area contributed by atoms with Crippen LogP contribution in [0.15, 0.2) is 48.5 Å². The minimum Gasteiger partial charge on any atom is -0.335 e. The zero-order chi connectivity index (χ0) is 18.1. The van der Waals surface area contributed by atoms with E-state index in [4.69, 9.17) is 0 Å². The van der Waals surface area contributed by atoms with Gasteiger partial charge in [0, 0.05) is 31.7 Å². The molecule has 1 fully saturated rings. The third-order valence-corrected chi connectivity index (χ3v) is 5.43. The molecule has 4 rings (SSSR count).